The van der Waals surface area contributed by atoms with E-state index in [2.05, 4.69) is 17.2 Å². The molecule has 0 atom stereocenters. The summed E-state index contributed by atoms with van der Waals surface area (Å²) in [4.78, 5) is 18.0. The van der Waals surface area contributed by atoms with Gasteiger partial charge in [0.05, 0.1) is 6.61 Å². The maximum atomic E-state index is 11.6. The molecule has 0 spiro atoms. The van der Waals surface area contributed by atoms with Gasteiger partial charge in [-0.25, -0.2) is 4.79 Å². The van der Waals surface area contributed by atoms with Crippen LogP contribution in [0.15, 0.2) is 4.99 Å². The number of hydrogen-bond donors (Lipinski definition) is 2. The summed E-state index contributed by atoms with van der Waals surface area (Å²) < 4.78 is 5.02. The number of halogens is 1. The lowest BCUT2D eigenvalue weighted by Crippen LogP contribution is -2.49. The number of piperidine rings is 1. The van der Waals surface area contributed by atoms with Crippen LogP contribution >= 0.6 is 24.0 Å². The second kappa shape index (κ2) is 9.54. The molecule has 2 aliphatic rings. The van der Waals surface area contributed by atoms with E-state index in [0.717, 1.165) is 19.4 Å². The Kier molecular flexibility index (Phi) is 8.42. The summed E-state index contributed by atoms with van der Waals surface area (Å²) in [5, 5.41) is 3.30. The third-order valence-corrected chi connectivity index (χ3v) is 5.12. The number of carbonyl (C=O) groups excluding carboxylic acids is 1. The summed E-state index contributed by atoms with van der Waals surface area (Å²) in [5.74, 6) is 0.550. The molecule has 7 heteroatoms. The van der Waals surface area contributed by atoms with Gasteiger partial charge in [-0.3, -0.25) is 4.99 Å². The van der Waals surface area contributed by atoms with E-state index in [-0.39, 0.29) is 30.1 Å². The predicted molar refractivity (Wildman–Crippen MR) is 103 cm³/mol. The highest BCUT2D eigenvalue weighted by molar-refractivity contribution is 14.0. The first-order valence-electron chi connectivity index (χ1n) is 8.57. The number of nitrogens with two attached hydrogens (primary N) is 1. The standard InChI is InChI=1S/C16H30N4O2.HI/c1-3-16(8-5-9-16)12-18-14(17)19-13-6-10-20(11-7-13)15(21)22-4-2;/h13H,3-12H2,1-2H3,(H3,17,18,19);1H. The van der Waals surface area contributed by atoms with Crippen molar-refractivity contribution in [2.75, 3.05) is 26.2 Å². The molecule has 1 saturated carbocycles. The van der Waals surface area contributed by atoms with Crippen LogP contribution in [0.25, 0.3) is 0 Å². The van der Waals surface area contributed by atoms with Crippen LogP contribution in [-0.2, 0) is 4.74 Å². The maximum Gasteiger partial charge on any atom is 0.409 e. The number of rotatable bonds is 5. The van der Waals surface area contributed by atoms with Crippen molar-refractivity contribution >= 4 is 36.0 Å². The fourth-order valence-electron chi connectivity index (χ4n) is 3.23. The number of carbonyl (C=O) groups is 1. The molecule has 0 aromatic rings. The van der Waals surface area contributed by atoms with Crippen molar-refractivity contribution in [3.63, 3.8) is 0 Å². The molecule has 2 fully saturated rings. The summed E-state index contributed by atoms with van der Waals surface area (Å²) in [6.07, 6.45) is 6.61. The van der Waals surface area contributed by atoms with Gasteiger partial charge in [0, 0.05) is 25.7 Å². The third-order valence-electron chi connectivity index (χ3n) is 5.12. The van der Waals surface area contributed by atoms with Gasteiger partial charge in [-0.1, -0.05) is 13.3 Å². The van der Waals surface area contributed by atoms with Crippen molar-refractivity contribution in [1.82, 2.24) is 10.2 Å². The molecule has 0 aromatic heterocycles. The van der Waals surface area contributed by atoms with Gasteiger partial charge in [0.15, 0.2) is 5.96 Å². The highest BCUT2D eigenvalue weighted by atomic mass is 127. The molecular weight excluding hydrogens is 407 g/mol. The van der Waals surface area contributed by atoms with Crippen LogP contribution in [0.1, 0.15) is 52.4 Å². The zero-order valence-electron chi connectivity index (χ0n) is 14.3. The highest BCUT2D eigenvalue weighted by Crippen LogP contribution is 2.43. The van der Waals surface area contributed by atoms with E-state index >= 15 is 0 Å². The van der Waals surface area contributed by atoms with E-state index in [1.54, 1.807) is 4.90 Å². The number of guanidine groups is 1. The summed E-state index contributed by atoms with van der Waals surface area (Å²) in [6.45, 7) is 6.75. The van der Waals surface area contributed by atoms with Crippen LogP contribution in [0, 0.1) is 5.41 Å². The van der Waals surface area contributed by atoms with Gasteiger partial charge in [-0.15, -0.1) is 24.0 Å². The second-order valence-corrected chi connectivity index (χ2v) is 6.51. The van der Waals surface area contributed by atoms with Crippen molar-refractivity contribution in [3.05, 3.63) is 0 Å². The summed E-state index contributed by atoms with van der Waals surface area (Å²) in [6, 6.07) is 0.299. The first-order chi connectivity index (χ1) is 10.6. The second-order valence-electron chi connectivity index (χ2n) is 6.51. The molecule has 0 unspecified atom stereocenters. The zero-order valence-corrected chi connectivity index (χ0v) is 16.7. The average molecular weight is 438 g/mol. The normalized spacial score (nSPS) is 21.1. The number of amides is 1. The first-order valence-corrected chi connectivity index (χ1v) is 8.57. The molecule has 0 bridgehead atoms. The summed E-state index contributed by atoms with van der Waals surface area (Å²) in [5.41, 5.74) is 6.42. The quantitative estimate of drug-likeness (QED) is 0.393. The molecule has 23 heavy (non-hydrogen) atoms. The third kappa shape index (κ3) is 5.69. The summed E-state index contributed by atoms with van der Waals surface area (Å²) >= 11 is 0. The van der Waals surface area contributed by atoms with Gasteiger partial charge < -0.3 is 20.7 Å². The molecule has 1 aliphatic heterocycles. The monoisotopic (exact) mass is 438 g/mol. The number of hydrogen-bond acceptors (Lipinski definition) is 3. The predicted octanol–water partition coefficient (Wildman–Crippen LogP) is 2.71. The Hall–Kier alpha value is -0.730. The van der Waals surface area contributed by atoms with E-state index in [0.29, 0.717) is 37.1 Å². The lowest BCUT2D eigenvalue weighted by Gasteiger charge is -2.40. The lowest BCUT2D eigenvalue weighted by atomic mass is 9.67. The minimum atomic E-state index is -0.211. The van der Waals surface area contributed by atoms with Crippen molar-refractivity contribution in [1.29, 1.82) is 0 Å². The van der Waals surface area contributed by atoms with Crippen LogP contribution in [-0.4, -0.2) is 49.2 Å². The van der Waals surface area contributed by atoms with Gasteiger partial charge >= 0.3 is 6.09 Å². The van der Waals surface area contributed by atoms with Crippen molar-refractivity contribution in [3.8, 4) is 0 Å². The van der Waals surface area contributed by atoms with Gasteiger partial charge in [0.25, 0.3) is 0 Å². The van der Waals surface area contributed by atoms with Crippen LogP contribution in [0.5, 0.6) is 0 Å². The van der Waals surface area contributed by atoms with Gasteiger partial charge in [-0.2, -0.15) is 0 Å². The van der Waals surface area contributed by atoms with Crippen LogP contribution in [0.2, 0.25) is 0 Å². The Morgan fingerprint density at radius 2 is 2.00 bits per heavy atom. The molecule has 1 heterocycles. The van der Waals surface area contributed by atoms with E-state index in [1.807, 2.05) is 6.92 Å². The molecule has 134 valence electrons. The number of likely N-dealkylation sites (tertiary alicyclic amines) is 1. The first kappa shape index (κ1) is 20.3. The SMILES string of the molecule is CCOC(=O)N1CCC(NC(N)=NCC2(CC)CCC2)CC1.I. The molecule has 1 saturated heterocycles. The Morgan fingerprint density at radius 3 is 2.48 bits per heavy atom. The van der Waals surface area contributed by atoms with Gasteiger partial charge in [-0.05, 0) is 44.4 Å². The Bertz CT molecular complexity index is 399. The molecule has 0 radical (unpaired) electrons. The molecule has 0 aromatic carbocycles. The fourth-order valence-corrected chi connectivity index (χ4v) is 3.23. The largest absolute Gasteiger partial charge is 0.450 e. The number of nitrogens with zero attached hydrogens (tertiary/aromatic N) is 2. The maximum absolute atomic E-state index is 11.6. The number of nitrogens with one attached hydrogen (secondary N) is 1. The Labute approximate surface area is 156 Å². The molecule has 1 amide bonds. The van der Waals surface area contributed by atoms with E-state index in [1.165, 1.54) is 25.7 Å². The smallest absolute Gasteiger partial charge is 0.409 e. The highest BCUT2D eigenvalue weighted by Gasteiger charge is 2.34. The van der Waals surface area contributed by atoms with Crippen molar-refractivity contribution in [2.24, 2.45) is 16.1 Å². The fraction of sp³-hybridized carbons (Fsp3) is 0.875. The molecule has 6 nitrogen and oxygen atoms in total. The topological polar surface area (TPSA) is 80.0 Å². The van der Waals surface area contributed by atoms with Crippen LogP contribution in [0.4, 0.5) is 4.79 Å². The Morgan fingerprint density at radius 1 is 1.35 bits per heavy atom. The van der Waals surface area contributed by atoms with Gasteiger partial charge in [0.2, 0.25) is 0 Å². The molecular formula is C16H31IN4O2. The van der Waals surface area contributed by atoms with Crippen LogP contribution < -0.4 is 11.1 Å². The van der Waals surface area contributed by atoms with Crippen molar-refractivity contribution < 1.29 is 9.53 Å². The molecule has 1 aliphatic carbocycles. The molecule has 3 N–H and O–H groups in total. The van der Waals surface area contributed by atoms with E-state index in [4.69, 9.17) is 10.5 Å². The van der Waals surface area contributed by atoms with E-state index < -0.39 is 0 Å². The Balaban J connectivity index is 0.00000264. The minimum Gasteiger partial charge on any atom is -0.450 e. The lowest BCUT2D eigenvalue weighted by molar-refractivity contribution is 0.0963. The van der Waals surface area contributed by atoms with Crippen molar-refractivity contribution in [2.45, 2.75) is 58.4 Å². The average Bonchev–Trinajstić information content (AvgIpc) is 2.47. The van der Waals surface area contributed by atoms with Gasteiger partial charge in [0.1, 0.15) is 0 Å². The van der Waals surface area contributed by atoms with Crippen LogP contribution in [0.3, 0.4) is 0 Å². The van der Waals surface area contributed by atoms with E-state index in [9.17, 15) is 4.79 Å². The summed E-state index contributed by atoms with van der Waals surface area (Å²) in [7, 11) is 0. The molecule has 2 rings (SSSR count). The number of ether oxygens (including phenoxy) is 1. The zero-order chi connectivity index (χ0) is 16.0. The number of aliphatic imine (C=N–C) groups is 1. The minimum absolute atomic E-state index is 0.